The number of allylic oxidation sites excluding steroid dienone is 1. The van der Waals surface area contributed by atoms with E-state index < -0.39 is 6.04 Å². The number of carbonyl (C=O) groups is 1. The first-order valence-electron chi connectivity index (χ1n) is 8.83. The molecule has 6 nitrogen and oxygen atoms in total. The summed E-state index contributed by atoms with van der Waals surface area (Å²) in [6.45, 7) is 5.79. The molecule has 1 heterocycles. The van der Waals surface area contributed by atoms with Crippen LogP contribution in [-0.2, 0) is 4.79 Å². The maximum absolute atomic E-state index is 13.1. The lowest BCUT2D eigenvalue weighted by molar-refractivity contribution is -0.113. The fraction of sp³-hybridized carbons (Fsp3) is 0.238. The minimum absolute atomic E-state index is 0.0321. The molecule has 0 saturated carbocycles. The highest BCUT2D eigenvalue weighted by Crippen LogP contribution is 2.34. The van der Waals surface area contributed by atoms with Gasteiger partial charge in [-0.3, -0.25) is 4.79 Å². The molecule has 0 spiro atoms. The maximum atomic E-state index is 13.1. The normalized spacial score (nSPS) is 16.3. The molecule has 0 unspecified atom stereocenters. The summed E-state index contributed by atoms with van der Waals surface area (Å²) in [6, 6.07) is 10.4. The van der Waals surface area contributed by atoms with Gasteiger partial charge in [-0.15, -0.1) is 0 Å². The highest BCUT2D eigenvalue weighted by molar-refractivity contribution is 7.80. The Morgan fingerprint density at radius 3 is 2.46 bits per heavy atom. The lowest BCUT2D eigenvalue weighted by Crippen LogP contribution is -2.45. The zero-order valence-corrected chi connectivity index (χ0v) is 17.0. The second-order valence-electron chi connectivity index (χ2n) is 6.83. The molecule has 1 aliphatic heterocycles. The molecular formula is C21H23N3O3S. The van der Waals surface area contributed by atoms with E-state index in [4.69, 9.17) is 17.0 Å². The number of thiocarbonyl (C=S) groups is 1. The fourth-order valence-electron chi connectivity index (χ4n) is 3.36. The molecule has 28 heavy (non-hydrogen) atoms. The Hall–Kier alpha value is -3.06. The monoisotopic (exact) mass is 397 g/mol. The molecule has 1 aliphatic rings. The Kier molecular flexibility index (Phi) is 5.56. The number of ether oxygens (including phenoxy) is 1. The zero-order chi connectivity index (χ0) is 20.4. The van der Waals surface area contributed by atoms with Gasteiger partial charge in [0, 0.05) is 11.4 Å². The third-order valence-electron chi connectivity index (χ3n) is 4.53. The van der Waals surface area contributed by atoms with Crippen LogP contribution in [0.2, 0.25) is 0 Å². The van der Waals surface area contributed by atoms with Gasteiger partial charge >= 0.3 is 0 Å². The molecule has 0 aliphatic carbocycles. The lowest BCUT2D eigenvalue weighted by Gasteiger charge is -2.30. The Balaban J connectivity index is 1.98. The van der Waals surface area contributed by atoms with E-state index in [1.165, 1.54) is 13.2 Å². The van der Waals surface area contributed by atoms with Crippen molar-refractivity contribution in [2.24, 2.45) is 0 Å². The number of anilines is 1. The van der Waals surface area contributed by atoms with Crippen LogP contribution in [0.15, 0.2) is 47.7 Å². The number of carbonyl (C=O) groups excluding carboxylic acids is 1. The summed E-state index contributed by atoms with van der Waals surface area (Å²) in [7, 11) is 1.48. The lowest BCUT2D eigenvalue weighted by atomic mass is 9.94. The summed E-state index contributed by atoms with van der Waals surface area (Å²) < 4.78 is 5.20. The van der Waals surface area contributed by atoms with Gasteiger partial charge in [0.1, 0.15) is 0 Å². The Bertz CT molecular complexity index is 965. The Morgan fingerprint density at radius 2 is 1.82 bits per heavy atom. The number of hydrogen-bond donors (Lipinski definition) is 4. The van der Waals surface area contributed by atoms with E-state index in [-0.39, 0.29) is 11.7 Å². The van der Waals surface area contributed by atoms with E-state index in [0.717, 1.165) is 22.4 Å². The summed E-state index contributed by atoms with van der Waals surface area (Å²) in [5.41, 5.74) is 4.81. The van der Waals surface area contributed by atoms with Crippen molar-refractivity contribution < 1.29 is 14.6 Å². The molecular weight excluding hydrogens is 374 g/mol. The van der Waals surface area contributed by atoms with Crippen LogP contribution in [-0.4, -0.2) is 23.2 Å². The first kappa shape index (κ1) is 19.7. The minimum atomic E-state index is -0.478. The van der Waals surface area contributed by atoms with Crippen LogP contribution in [0.4, 0.5) is 5.69 Å². The first-order valence-corrected chi connectivity index (χ1v) is 9.24. The van der Waals surface area contributed by atoms with Crippen LogP contribution >= 0.6 is 12.2 Å². The van der Waals surface area contributed by atoms with Crippen molar-refractivity contribution in [2.45, 2.75) is 26.8 Å². The molecule has 4 N–H and O–H groups in total. The predicted molar refractivity (Wildman–Crippen MR) is 114 cm³/mol. The van der Waals surface area contributed by atoms with Crippen molar-refractivity contribution in [3.8, 4) is 11.5 Å². The van der Waals surface area contributed by atoms with Gasteiger partial charge in [0.2, 0.25) is 0 Å². The van der Waals surface area contributed by atoms with Crippen molar-refractivity contribution in [3.63, 3.8) is 0 Å². The quantitative estimate of drug-likeness (QED) is 0.592. The second-order valence-corrected chi connectivity index (χ2v) is 7.24. The first-order chi connectivity index (χ1) is 13.3. The van der Waals surface area contributed by atoms with E-state index in [9.17, 15) is 9.90 Å². The number of phenols is 1. The van der Waals surface area contributed by atoms with Gasteiger partial charge in [0.05, 0.1) is 18.7 Å². The molecule has 0 radical (unpaired) electrons. The number of phenolic OH excluding ortho intramolecular Hbond substituents is 1. The van der Waals surface area contributed by atoms with E-state index in [1.807, 2.05) is 39.0 Å². The van der Waals surface area contributed by atoms with Gasteiger partial charge in [0.25, 0.3) is 5.91 Å². The summed E-state index contributed by atoms with van der Waals surface area (Å²) >= 11 is 5.28. The number of methoxy groups -OCH3 is 1. The predicted octanol–water partition coefficient (Wildman–Crippen LogP) is 3.45. The standard InChI is InChI=1S/C21H23N3O3S/c1-11-7-12(2)9-15(8-11)23-20(26)18-13(3)22-21(28)24-19(18)14-5-6-16(25)17(10-14)27-4/h5-10,19,25H,1-4H3,(H,23,26)(H2,22,24,28)/t19-/m0/s1. The largest absolute Gasteiger partial charge is 0.504 e. The molecule has 1 amide bonds. The average molecular weight is 398 g/mol. The van der Waals surface area contributed by atoms with E-state index >= 15 is 0 Å². The zero-order valence-electron chi connectivity index (χ0n) is 16.2. The van der Waals surface area contributed by atoms with Gasteiger partial charge in [-0.2, -0.15) is 0 Å². The number of benzene rings is 2. The van der Waals surface area contributed by atoms with Crippen molar-refractivity contribution in [2.75, 3.05) is 12.4 Å². The number of aromatic hydroxyl groups is 1. The average Bonchev–Trinajstić information content (AvgIpc) is 2.60. The summed E-state index contributed by atoms with van der Waals surface area (Å²) in [4.78, 5) is 13.1. The van der Waals surface area contributed by atoms with E-state index in [2.05, 4.69) is 16.0 Å². The van der Waals surface area contributed by atoms with Gasteiger partial charge in [-0.05, 0) is 73.9 Å². The SMILES string of the molecule is COc1cc([C@@H]2NC(=S)NC(C)=C2C(=O)Nc2cc(C)cc(C)c2)ccc1O. The number of aryl methyl sites for hydroxylation is 2. The van der Waals surface area contributed by atoms with Crippen LogP contribution < -0.4 is 20.7 Å². The number of hydrogen-bond acceptors (Lipinski definition) is 4. The van der Waals surface area contributed by atoms with Crippen molar-refractivity contribution in [3.05, 3.63) is 64.4 Å². The van der Waals surface area contributed by atoms with Gasteiger partial charge in [-0.25, -0.2) is 0 Å². The molecule has 2 aromatic rings. The summed E-state index contributed by atoms with van der Waals surface area (Å²) in [6.07, 6.45) is 0. The highest BCUT2D eigenvalue weighted by atomic mass is 32.1. The van der Waals surface area contributed by atoms with Crippen LogP contribution in [0, 0.1) is 13.8 Å². The minimum Gasteiger partial charge on any atom is -0.504 e. The molecule has 0 fully saturated rings. The molecule has 146 valence electrons. The van der Waals surface area contributed by atoms with Gasteiger partial charge < -0.3 is 25.8 Å². The fourth-order valence-corrected chi connectivity index (χ4v) is 3.63. The van der Waals surface area contributed by atoms with Crippen LogP contribution in [0.3, 0.4) is 0 Å². The topological polar surface area (TPSA) is 82.6 Å². The third-order valence-corrected chi connectivity index (χ3v) is 4.75. The third kappa shape index (κ3) is 4.09. The van der Waals surface area contributed by atoms with Crippen molar-refractivity contribution >= 4 is 28.9 Å². The van der Waals surface area contributed by atoms with Gasteiger partial charge in [0.15, 0.2) is 16.6 Å². The van der Waals surface area contributed by atoms with Crippen LogP contribution in [0.25, 0.3) is 0 Å². The molecule has 0 aromatic heterocycles. The van der Waals surface area contributed by atoms with Gasteiger partial charge in [-0.1, -0.05) is 12.1 Å². The number of nitrogens with one attached hydrogen (secondary N) is 3. The van der Waals surface area contributed by atoms with Crippen LogP contribution in [0.5, 0.6) is 11.5 Å². The van der Waals surface area contributed by atoms with Crippen molar-refractivity contribution in [1.29, 1.82) is 0 Å². The smallest absolute Gasteiger partial charge is 0.255 e. The number of rotatable bonds is 4. The van der Waals surface area contributed by atoms with Crippen LogP contribution in [0.1, 0.15) is 29.7 Å². The molecule has 0 bridgehead atoms. The molecule has 3 rings (SSSR count). The Morgan fingerprint density at radius 1 is 1.14 bits per heavy atom. The second kappa shape index (κ2) is 7.90. The molecule has 2 aromatic carbocycles. The summed E-state index contributed by atoms with van der Waals surface area (Å²) in [5, 5.41) is 19.4. The van der Waals surface area contributed by atoms with E-state index in [1.54, 1.807) is 12.1 Å². The number of amides is 1. The van der Waals surface area contributed by atoms with E-state index in [0.29, 0.717) is 22.1 Å². The molecule has 1 atom stereocenters. The Labute approximate surface area is 169 Å². The summed E-state index contributed by atoms with van der Waals surface area (Å²) in [5.74, 6) is 0.127. The molecule has 0 saturated heterocycles. The van der Waals surface area contributed by atoms with Crippen molar-refractivity contribution in [1.82, 2.24) is 10.6 Å². The highest BCUT2D eigenvalue weighted by Gasteiger charge is 2.30. The molecule has 7 heteroatoms. The maximum Gasteiger partial charge on any atom is 0.255 e.